The van der Waals surface area contributed by atoms with Crippen LogP contribution < -0.4 is 5.32 Å². The fourth-order valence-corrected chi connectivity index (χ4v) is 1.59. The fourth-order valence-electron chi connectivity index (χ4n) is 1.59. The number of nitrogens with zero attached hydrogens (tertiary/aromatic N) is 2. The van der Waals surface area contributed by atoms with E-state index >= 15 is 0 Å². The predicted octanol–water partition coefficient (Wildman–Crippen LogP) is 2.89. The van der Waals surface area contributed by atoms with Crippen LogP contribution in [0.5, 0.6) is 0 Å². The number of alkyl halides is 3. The summed E-state index contributed by atoms with van der Waals surface area (Å²) < 4.78 is 47.4. The Morgan fingerprint density at radius 2 is 2.10 bits per heavy atom. The Morgan fingerprint density at radius 3 is 2.60 bits per heavy atom. The molecule has 0 aliphatic rings. The molecule has 1 unspecified atom stereocenters. The van der Waals surface area contributed by atoms with Gasteiger partial charge in [-0.3, -0.25) is 0 Å². The highest BCUT2D eigenvalue weighted by Crippen LogP contribution is 2.27. The zero-order valence-corrected chi connectivity index (χ0v) is 10.5. The van der Waals surface area contributed by atoms with Crippen LogP contribution in [0.2, 0.25) is 0 Å². The molecule has 0 saturated heterocycles. The van der Waals surface area contributed by atoms with Gasteiger partial charge in [-0.05, 0) is 24.3 Å². The Hall–Kier alpha value is -2.09. The van der Waals surface area contributed by atoms with Crippen molar-refractivity contribution in [3.05, 3.63) is 42.0 Å². The zero-order valence-electron chi connectivity index (χ0n) is 10.5. The number of nitrogens with one attached hydrogen (secondary N) is 1. The molecule has 0 aliphatic carbocycles. The topological polar surface area (TPSA) is 60.2 Å². The minimum absolute atomic E-state index is 0.205. The van der Waals surface area contributed by atoms with Crippen molar-refractivity contribution < 1.29 is 22.3 Å². The molecular weight excluding hydrogens is 275 g/mol. The Morgan fingerprint density at radius 1 is 1.30 bits per heavy atom. The van der Waals surface area contributed by atoms with E-state index in [1.54, 1.807) is 12.1 Å². The summed E-state index contributed by atoms with van der Waals surface area (Å²) in [4.78, 5) is 0. The number of hydrogen-bond donors (Lipinski definition) is 1. The molecule has 0 aliphatic heterocycles. The summed E-state index contributed by atoms with van der Waals surface area (Å²) in [6.45, 7) is 0.274. The standard InChI is InChI=1S/C12H12F3N3O2/c1-19-7-8(9-3-2-6-20-9)16-11-5-4-10(17-18-11)12(13,14)15/h2-6,8H,7H2,1H3,(H,16,18). The van der Waals surface area contributed by atoms with E-state index in [4.69, 9.17) is 9.15 Å². The minimum atomic E-state index is -4.50. The lowest BCUT2D eigenvalue weighted by molar-refractivity contribution is -0.141. The van der Waals surface area contributed by atoms with Crippen molar-refractivity contribution in [3.63, 3.8) is 0 Å². The summed E-state index contributed by atoms with van der Waals surface area (Å²) in [5.74, 6) is 0.796. The van der Waals surface area contributed by atoms with Gasteiger partial charge in [-0.1, -0.05) is 0 Å². The molecule has 0 radical (unpaired) electrons. The van der Waals surface area contributed by atoms with Crippen LogP contribution in [0.3, 0.4) is 0 Å². The van der Waals surface area contributed by atoms with Crippen LogP contribution in [0.1, 0.15) is 17.5 Å². The number of hydrogen-bond acceptors (Lipinski definition) is 5. The number of methoxy groups -OCH3 is 1. The van der Waals surface area contributed by atoms with Gasteiger partial charge in [0.25, 0.3) is 0 Å². The Bertz CT molecular complexity index is 526. The maximum Gasteiger partial charge on any atom is 0.435 e. The van der Waals surface area contributed by atoms with Crippen LogP contribution in [0.4, 0.5) is 19.0 Å². The number of anilines is 1. The van der Waals surface area contributed by atoms with Gasteiger partial charge in [0.1, 0.15) is 17.6 Å². The van der Waals surface area contributed by atoms with Crippen LogP contribution in [-0.2, 0) is 10.9 Å². The minimum Gasteiger partial charge on any atom is -0.467 e. The van der Waals surface area contributed by atoms with Crippen molar-refractivity contribution >= 4 is 5.82 Å². The lowest BCUT2D eigenvalue weighted by Crippen LogP contribution is -2.17. The third-order valence-corrected chi connectivity index (χ3v) is 2.50. The largest absolute Gasteiger partial charge is 0.467 e. The molecule has 0 amide bonds. The summed E-state index contributed by atoms with van der Waals surface area (Å²) >= 11 is 0. The summed E-state index contributed by atoms with van der Waals surface area (Å²) in [6.07, 6.45) is -3.00. The molecule has 0 aromatic carbocycles. The molecule has 5 nitrogen and oxygen atoms in total. The first-order valence-electron chi connectivity index (χ1n) is 5.70. The second-order valence-electron chi connectivity index (χ2n) is 3.97. The number of rotatable bonds is 5. The van der Waals surface area contributed by atoms with E-state index in [1.807, 2.05) is 0 Å². The highest BCUT2D eigenvalue weighted by atomic mass is 19.4. The van der Waals surface area contributed by atoms with Crippen LogP contribution in [0, 0.1) is 0 Å². The first kappa shape index (κ1) is 14.3. The number of furan rings is 1. The van der Waals surface area contributed by atoms with Crippen molar-refractivity contribution in [1.82, 2.24) is 10.2 Å². The Balaban J connectivity index is 2.11. The van der Waals surface area contributed by atoms with Crippen molar-refractivity contribution in [3.8, 4) is 0 Å². The van der Waals surface area contributed by atoms with E-state index in [0.717, 1.165) is 6.07 Å². The molecule has 1 atom stereocenters. The molecule has 108 valence electrons. The van der Waals surface area contributed by atoms with Gasteiger partial charge in [-0.25, -0.2) is 0 Å². The van der Waals surface area contributed by atoms with E-state index < -0.39 is 11.9 Å². The molecule has 20 heavy (non-hydrogen) atoms. The Labute approximate surface area is 112 Å². The third kappa shape index (κ3) is 3.47. The SMILES string of the molecule is COCC(Nc1ccc(C(F)(F)F)nn1)c1ccco1. The van der Waals surface area contributed by atoms with E-state index in [0.29, 0.717) is 5.76 Å². The van der Waals surface area contributed by atoms with Crippen molar-refractivity contribution in [2.24, 2.45) is 0 Å². The van der Waals surface area contributed by atoms with Gasteiger partial charge in [0.2, 0.25) is 0 Å². The van der Waals surface area contributed by atoms with Gasteiger partial charge in [-0.2, -0.15) is 13.2 Å². The molecule has 2 aromatic heterocycles. The summed E-state index contributed by atoms with van der Waals surface area (Å²) in [5.41, 5.74) is -1.04. The molecule has 1 N–H and O–H groups in total. The molecule has 2 rings (SSSR count). The van der Waals surface area contributed by atoms with Crippen LogP contribution in [0.25, 0.3) is 0 Å². The number of halogens is 3. The van der Waals surface area contributed by atoms with Gasteiger partial charge in [-0.15, -0.1) is 10.2 Å². The molecule has 0 fully saturated rings. The normalized spacial score (nSPS) is 13.2. The molecular formula is C12H12F3N3O2. The van der Waals surface area contributed by atoms with E-state index in [1.165, 1.54) is 19.4 Å². The molecule has 0 bridgehead atoms. The maximum atomic E-state index is 12.4. The van der Waals surface area contributed by atoms with Crippen LogP contribution >= 0.6 is 0 Å². The van der Waals surface area contributed by atoms with Crippen molar-refractivity contribution in [2.75, 3.05) is 19.0 Å². The van der Waals surface area contributed by atoms with Crippen LogP contribution in [-0.4, -0.2) is 23.9 Å². The summed E-state index contributed by atoms with van der Waals surface area (Å²) in [7, 11) is 1.51. The van der Waals surface area contributed by atoms with E-state index in [2.05, 4.69) is 15.5 Å². The lowest BCUT2D eigenvalue weighted by atomic mass is 10.2. The average Bonchev–Trinajstić information content (AvgIpc) is 2.91. The number of aromatic nitrogens is 2. The molecule has 2 aromatic rings. The van der Waals surface area contributed by atoms with Gasteiger partial charge < -0.3 is 14.5 Å². The third-order valence-electron chi connectivity index (χ3n) is 2.50. The highest BCUT2D eigenvalue weighted by molar-refractivity contribution is 5.36. The van der Waals surface area contributed by atoms with Gasteiger partial charge >= 0.3 is 6.18 Å². The fraction of sp³-hybridized carbons (Fsp3) is 0.333. The quantitative estimate of drug-likeness (QED) is 0.916. The second-order valence-corrected chi connectivity index (χ2v) is 3.97. The molecule has 0 saturated carbocycles. The first-order valence-corrected chi connectivity index (χ1v) is 5.70. The first-order chi connectivity index (χ1) is 9.50. The molecule has 0 spiro atoms. The Kier molecular flexibility index (Phi) is 4.23. The van der Waals surface area contributed by atoms with Crippen molar-refractivity contribution in [2.45, 2.75) is 12.2 Å². The average molecular weight is 287 g/mol. The highest BCUT2D eigenvalue weighted by Gasteiger charge is 2.33. The van der Waals surface area contributed by atoms with Crippen LogP contribution in [0.15, 0.2) is 34.9 Å². The monoisotopic (exact) mass is 287 g/mol. The summed E-state index contributed by atoms with van der Waals surface area (Å²) in [6, 6.07) is 5.15. The maximum absolute atomic E-state index is 12.4. The summed E-state index contributed by atoms with van der Waals surface area (Å²) in [5, 5.41) is 9.54. The second kappa shape index (κ2) is 5.91. The molecule has 2 heterocycles. The van der Waals surface area contributed by atoms with Gasteiger partial charge in [0.15, 0.2) is 5.69 Å². The number of ether oxygens (including phenoxy) is 1. The van der Waals surface area contributed by atoms with Gasteiger partial charge in [0.05, 0.1) is 12.9 Å². The smallest absolute Gasteiger partial charge is 0.435 e. The predicted molar refractivity (Wildman–Crippen MR) is 64.0 cm³/mol. The van der Waals surface area contributed by atoms with Gasteiger partial charge in [0, 0.05) is 7.11 Å². The molecule has 8 heteroatoms. The zero-order chi connectivity index (χ0) is 14.6. The van der Waals surface area contributed by atoms with Crippen molar-refractivity contribution in [1.29, 1.82) is 0 Å². The lowest BCUT2D eigenvalue weighted by Gasteiger charge is -2.16. The van der Waals surface area contributed by atoms with E-state index in [9.17, 15) is 13.2 Å². The van der Waals surface area contributed by atoms with E-state index in [-0.39, 0.29) is 18.5 Å².